The van der Waals surface area contributed by atoms with E-state index in [2.05, 4.69) is 4.99 Å². The maximum absolute atomic E-state index is 13.0. The van der Waals surface area contributed by atoms with Crippen molar-refractivity contribution in [1.29, 1.82) is 0 Å². The Balaban J connectivity index is 1.80. The zero-order chi connectivity index (χ0) is 22.7. The highest BCUT2D eigenvalue weighted by atomic mass is 35.5. The summed E-state index contributed by atoms with van der Waals surface area (Å²) in [7, 11) is 1.59. The number of halogens is 1. The number of carbonyl (C=O) groups is 1. The van der Waals surface area contributed by atoms with E-state index in [4.69, 9.17) is 25.8 Å². The molecule has 32 heavy (non-hydrogen) atoms. The number of fused-ring (bicyclic) bond motifs is 1. The van der Waals surface area contributed by atoms with Gasteiger partial charge in [0.2, 0.25) is 0 Å². The first-order chi connectivity index (χ1) is 15.5. The van der Waals surface area contributed by atoms with E-state index in [-0.39, 0.29) is 13.2 Å². The molecule has 0 unspecified atom stereocenters. The number of nitrogens with zero attached hydrogens (tertiary/aromatic N) is 2. The standard InChI is InChI=1S/C24H23ClN2O4S/c1-4-30-23(28)20-15(2)26-24-27(12-13-32-24)21(20)17-9-7-11-19(29-3)22(17)31-14-16-8-5-6-10-18(16)25/h5-13,21H,4,14H2,1-3H3/t21-/m1/s1. The van der Waals surface area contributed by atoms with Crippen LogP contribution in [0.25, 0.3) is 0 Å². The second-order valence-corrected chi connectivity index (χ2v) is 8.37. The molecule has 0 saturated carbocycles. The number of aliphatic imine (C=N–C) groups is 1. The summed E-state index contributed by atoms with van der Waals surface area (Å²) in [5.41, 5.74) is 2.72. The highest BCUT2D eigenvalue weighted by Crippen LogP contribution is 2.46. The fourth-order valence-corrected chi connectivity index (χ4v) is 4.69. The van der Waals surface area contributed by atoms with Crippen LogP contribution in [0, 0.1) is 0 Å². The first kappa shape index (κ1) is 22.3. The van der Waals surface area contributed by atoms with E-state index >= 15 is 0 Å². The van der Waals surface area contributed by atoms with E-state index in [1.54, 1.807) is 14.0 Å². The van der Waals surface area contributed by atoms with Gasteiger partial charge in [0, 0.05) is 22.3 Å². The van der Waals surface area contributed by atoms with Crippen LogP contribution >= 0.6 is 23.4 Å². The molecule has 0 saturated heterocycles. The third-order valence-corrected chi connectivity index (χ3v) is 6.31. The van der Waals surface area contributed by atoms with Crippen LogP contribution in [-0.2, 0) is 16.1 Å². The molecule has 2 aromatic carbocycles. The third kappa shape index (κ3) is 4.23. The lowest BCUT2D eigenvalue weighted by Crippen LogP contribution is -2.34. The Kier molecular flexibility index (Phi) is 6.77. The second-order valence-electron chi connectivity index (χ2n) is 7.09. The first-order valence-electron chi connectivity index (χ1n) is 10.2. The Morgan fingerprint density at radius 1 is 1.22 bits per heavy atom. The molecule has 0 N–H and O–H groups in total. The van der Waals surface area contributed by atoms with Gasteiger partial charge < -0.3 is 19.1 Å². The van der Waals surface area contributed by atoms with Crippen molar-refractivity contribution >= 4 is 34.5 Å². The number of methoxy groups -OCH3 is 1. The van der Waals surface area contributed by atoms with Gasteiger partial charge in [-0.2, -0.15) is 0 Å². The predicted molar refractivity (Wildman–Crippen MR) is 127 cm³/mol. The molecular formula is C24H23ClN2O4S. The molecule has 8 heteroatoms. The molecule has 0 amide bonds. The lowest BCUT2D eigenvalue weighted by molar-refractivity contribution is -0.139. The van der Waals surface area contributed by atoms with Crippen LogP contribution in [-0.4, -0.2) is 29.8 Å². The van der Waals surface area contributed by atoms with Gasteiger partial charge in [0.25, 0.3) is 0 Å². The van der Waals surface area contributed by atoms with Crippen molar-refractivity contribution in [2.45, 2.75) is 26.5 Å². The minimum atomic E-state index is -0.468. The van der Waals surface area contributed by atoms with Crippen molar-refractivity contribution in [2.75, 3.05) is 13.7 Å². The fourth-order valence-electron chi connectivity index (χ4n) is 3.70. The van der Waals surface area contributed by atoms with Gasteiger partial charge in [0.1, 0.15) is 6.61 Å². The Hall–Kier alpha value is -2.90. The summed E-state index contributed by atoms with van der Waals surface area (Å²) in [6, 6.07) is 12.7. The van der Waals surface area contributed by atoms with Crippen LogP contribution in [0.4, 0.5) is 0 Å². The van der Waals surface area contributed by atoms with Gasteiger partial charge in [0.05, 0.1) is 31.0 Å². The van der Waals surface area contributed by atoms with Crippen molar-refractivity contribution in [2.24, 2.45) is 4.99 Å². The third-order valence-electron chi connectivity index (χ3n) is 5.17. The molecule has 2 aliphatic heterocycles. The summed E-state index contributed by atoms with van der Waals surface area (Å²) in [5.74, 6) is 0.708. The maximum Gasteiger partial charge on any atom is 0.338 e. The minimum Gasteiger partial charge on any atom is -0.493 e. The van der Waals surface area contributed by atoms with Crippen LogP contribution in [0.2, 0.25) is 5.02 Å². The SMILES string of the molecule is CCOC(=O)C1=C(C)N=C2SC=CN2[C@@H]1c1cccc(OC)c1OCc1ccccc1Cl. The van der Waals surface area contributed by atoms with Crippen LogP contribution in [0.3, 0.4) is 0 Å². The molecule has 2 aromatic rings. The summed E-state index contributed by atoms with van der Waals surface area (Å²) >= 11 is 7.83. The second kappa shape index (κ2) is 9.71. The number of hydrogen-bond acceptors (Lipinski definition) is 7. The molecule has 166 valence electrons. The molecular weight excluding hydrogens is 448 g/mol. The van der Waals surface area contributed by atoms with E-state index in [0.717, 1.165) is 16.3 Å². The number of amidine groups is 1. The molecule has 2 aliphatic rings. The molecule has 0 spiro atoms. The monoisotopic (exact) mass is 470 g/mol. The van der Waals surface area contributed by atoms with Crippen molar-refractivity contribution < 1.29 is 19.0 Å². The largest absolute Gasteiger partial charge is 0.493 e. The van der Waals surface area contributed by atoms with Crippen LogP contribution in [0.1, 0.15) is 31.0 Å². The number of rotatable bonds is 7. The smallest absolute Gasteiger partial charge is 0.338 e. The van der Waals surface area contributed by atoms with Crippen LogP contribution in [0.15, 0.2) is 70.3 Å². The number of ether oxygens (including phenoxy) is 3. The van der Waals surface area contributed by atoms with E-state index in [0.29, 0.717) is 27.8 Å². The molecule has 6 nitrogen and oxygen atoms in total. The summed E-state index contributed by atoms with van der Waals surface area (Å²) in [5, 5.41) is 3.36. The number of allylic oxidation sites excluding steroid dienone is 1. The number of carbonyl (C=O) groups excluding carboxylic acids is 1. The topological polar surface area (TPSA) is 60.4 Å². The zero-order valence-corrected chi connectivity index (χ0v) is 19.6. The van der Waals surface area contributed by atoms with Crippen molar-refractivity contribution in [3.8, 4) is 11.5 Å². The Morgan fingerprint density at radius 2 is 2.03 bits per heavy atom. The fraction of sp³-hybridized carbons (Fsp3) is 0.250. The van der Waals surface area contributed by atoms with E-state index in [1.807, 2.05) is 65.9 Å². The van der Waals surface area contributed by atoms with Gasteiger partial charge in [-0.1, -0.05) is 53.7 Å². The quantitative estimate of drug-likeness (QED) is 0.484. The van der Waals surface area contributed by atoms with Crippen molar-refractivity contribution in [3.05, 3.63) is 81.5 Å². The Bertz CT molecular complexity index is 1130. The summed E-state index contributed by atoms with van der Waals surface area (Å²) < 4.78 is 17.3. The van der Waals surface area contributed by atoms with Crippen LogP contribution in [0.5, 0.6) is 11.5 Å². The Labute approximate surface area is 196 Å². The van der Waals surface area contributed by atoms with E-state index in [9.17, 15) is 4.79 Å². The molecule has 0 fully saturated rings. The normalized spacial score (nSPS) is 17.2. The number of esters is 1. The average Bonchev–Trinajstić information content (AvgIpc) is 3.25. The first-order valence-corrected chi connectivity index (χ1v) is 11.4. The van der Waals surface area contributed by atoms with Crippen molar-refractivity contribution in [1.82, 2.24) is 4.90 Å². The van der Waals surface area contributed by atoms with Gasteiger partial charge in [-0.25, -0.2) is 9.79 Å². The van der Waals surface area contributed by atoms with E-state index < -0.39 is 12.0 Å². The summed E-state index contributed by atoms with van der Waals surface area (Å²) in [4.78, 5) is 19.5. The molecule has 0 radical (unpaired) electrons. The molecule has 1 atom stereocenters. The van der Waals surface area contributed by atoms with Gasteiger partial charge in [-0.15, -0.1) is 0 Å². The molecule has 4 rings (SSSR count). The van der Waals surface area contributed by atoms with Gasteiger partial charge in [0.15, 0.2) is 16.7 Å². The molecule has 0 bridgehead atoms. The number of hydrogen-bond donors (Lipinski definition) is 0. The highest BCUT2D eigenvalue weighted by Gasteiger charge is 2.39. The maximum atomic E-state index is 13.0. The number of thioether (sulfide) groups is 1. The van der Waals surface area contributed by atoms with E-state index in [1.165, 1.54) is 11.8 Å². The minimum absolute atomic E-state index is 0.253. The zero-order valence-electron chi connectivity index (χ0n) is 18.0. The number of benzene rings is 2. The van der Waals surface area contributed by atoms with Crippen molar-refractivity contribution in [3.63, 3.8) is 0 Å². The molecule has 2 heterocycles. The predicted octanol–water partition coefficient (Wildman–Crippen LogP) is 5.70. The van der Waals surface area contributed by atoms with Gasteiger partial charge >= 0.3 is 5.97 Å². The molecule has 0 aromatic heterocycles. The summed E-state index contributed by atoms with van der Waals surface area (Å²) in [6.45, 7) is 4.14. The number of para-hydroxylation sites is 1. The molecule has 0 aliphatic carbocycles. The average molecular weight is 471 g/mol. The Morgan fingerprint density at radius 3 is 2.78 bits per heavy atom. The van der Waals surface area contributed by atoms with Crippen LogP contribution < -0.4 is 9.47 Å². The highest BCUT2D eigenvalue weighted by molar-refractivity contribution is 8.16. The van der Waals surface area contributed by atoms with Gasteiger partial charge in [-0.05, 0) is 31.4 Å². The van der Waals surface area contributed by atoms with Gasteiger partial charge in [-0.3, -0.25) is 0 Å². The lowest BCUT2D eigenvalue weighted by Gasteiger charge is -2.34. The lowest BCUT2D eigenvalue weighted by atomic mass is 9.93. The summed E-state index contributed by atoms with van der Waals surface area (Å²) in [6.07, 6.45) is 1.91.